The van der Waals surface area contributed by atoms with Crippen molar-refractivity contribution in [2.45, 2.75) is 72.3 Å². The lowest BCUT2D eigenvalue weighted by Gasteiger charge is -2.39. The minimum atomic E-state index is -0.522. The highest BCUT2D eigenvalue weighted by molar-refractivity contribution is 6.31. The molecule has 0 spiro atoms. The quantitative estimate of drug-likeness (QED) is 0.420. The first-order valence-corrected chi connectivity index (χ1v) is 12.9. The first kappa shape index (κ1) is 25.1. The number of benzene rings is 1. The molecular weight excluding hydrogens is 452 g/mol. The van der Waals surface area contributed by atoms with E-state index in [1.807, 2.05) is 32.2 Å². The van der Waals surface area contributed by atoms with Crippen LogP contribution in [0.2, 0.25) is 0 Å². The van der Waals surface area contributed by atoms with E-state index in [2.05, 4.69) is 67.4 Å². The molecule has 4 rings (SSSR count). The van der Waals surface area contributed by atoms with Crippen molar-refractivity contribution in [1.29, 1.82) is 5.26 Å². The normalized spacial score (nSPS) is 17.1. The molecule has 35 heavy (non-hydrogen) atoms. The third-order valence-electron chi connectivity index (χ3n) is 7.20. The zero-order valence-electron chi connectivity index (χ0n) is 21.5. The van der Waals surface area contributed by atoms with Crippen LogP contribution >= 0.6 is 11.6 Å². The van der Waals surface area contributed by atoms with Crippen molar-refractivity contribution < 1.29 is 0 Å². The second-order valence-corrected chi connectivity index (χ2v) is 10.6. The summed E-state index contributed by atoms with van der Waals surface area (Å²) < 4.78 is 0. The van der Waals surface area contributed by atoms with Crippen LogP contribution in [-0.2, 0) is 12.0 Å². The molecule has 2 aromatic rings. The number of pyridine rings is 1. The second kappa shape index (κ2) is 10.3. The van der Waals surface area contributed by atoms with E-state index in [9.17, 15) is 5.26 Å². The van der Waals surface area contributed by atoms with Crippen LogP contribution in [0.3, 0.4) is 0 Å². The summed E-state index contributed by atoms with van der Waals surface area (Å²) in [5, 5.41) is 14.0. The van der Waals surface area contributed by atoms with Crippen molar-refractivity contribution in [1.82, 2.24) is 10.3 Å². The molecule has 2 heterocycles. The van der Waals surface area contributed by atoms with Crippen LogP contribution in [0.1, 0.15) is 75.8 Å². The zero-order chi connectivity index (χ0) is 25.2. The van der Waals surface area contributed by atoms with Crippen LogP contribution in [0.5, 0.6) is 0 Å². The van der Waals surface area contributed by atoms with Crippen LogP contribution < -0.4 is 10.2 Å². The number of nitrogens with one attached hydrogen (secondary N) is 1. The molecule has 0 radical (unpaired) electrons. The molecule has 2 aliphatic rings. The van der Waals surface area contributed by atoms with Gasteiger partial charge in [0.15, 0.2) is 0 Å². The van der Waals surface area contributed by atoms with Gasteiger partial charge in [-0.15, -0.1) is 0 Å². The fourth-order valence-corrected chi connectivity index (χ4v) is 4.75. The summed E-state index contributed by atoms with van der Waals surface area (Å²) in [6.45, 7) is 11.1. The van der Waals surface area contributed by atoms with E-state index in [4.69, 9.17) is 16.6 Å². The van der Waals surface area contributed by atoms with E-state index in [1.165, 1.54) is 29.1 Å². The monoisotopic (exact) mass is 486 g/mol. The maximum absolute atomic E-state index is 9.56. The minimum Gasteiger partial charge on any atom is -0.367 e. The Bertz CT molecular complexity index is 1220. The van der Waals surface area contributed by atoms with Crippen LogP contribution in [-0.4, -0.2) is 4.98 Å². The summed E-state index contributed by atoms with van der Waals surface area (Å²) in [4.78, 5) is 7.11. The Morgan fingerprint density at radius 2 is 2.00 bits per heavy atom. The first-order valence-electron chi connectivity index (χ1n) is 12.6. The molecule has 0 amide bonds. The first-order chi connectivity index (χ1) is 16.7. The van der Waals surface area contributed by atoms with Crippen molar-refractivity contribution in [2.24, 2.45) is 5.92 Å². The van der Waals surface area contributed by atoms with Crippen molar-refractivity contribution in [3.8, 4) is 6.07 Å². The Morgan fingerprint density at radius 3 is 2.60 bits per heavy atom. The van der Waals surface area contributed by atoms with Crippen molar-refractivity contribution in [2.75, 3.05) is 4.90 Å². The molecule has 182 valence electrons. The molecule has 1 saturated carbocycles. The number of hydrogen-bond donors (Lipinski definition) is 1. The van der Waals surface area contributed by atoms with Gasteiger partial charge in [-0.25, -0.2) is 0 Å². The van der Waals surface area contributed by atoms with Crippen LogP contribution in [0, 0.1) is 24.2 Å². The lowest BCUT2D eigenvalue weighted by molar-refractivity contribution is 0.611. The lowest BCUT2D eigenvalue weighted by Crippen LogP contribution is -2.36. The predicted molar refractivity (Wildman–Crippen MR) is 146 cm³/mol. The van der Waals surface area contributed by atoms with Gasteiger partial charge < -0.3 is 5.32 Å². The van der Waals surface area contributed by atoms with Gasteiger partial charge in [0.25, 0.3) is 0 Å². The summed E-state index contributed by atoms with van der Waals surface area (Å²) in [6.07, 6.45) is 12.6. The predicted octanol–water partition coefficient (Wildman–Crippen LogP) is 8.01. The second-order valence-electron chi connectivity index (χ2n) is 10.2. The van der Waals surface area contributed by atoms with Crippen molar-refractivity contribution in [3.05, 3.63) is 81.4 Å². The lowest BCUT2D eigenvalue weighted by atomic mass is 9.86. The van der Waals surface area contributed by atoms with Crippen LogP contribution in [0.15, 0.2) is 59.0 Å². The SMILES string of the molecule is CCC(C)/C=C(Cl)/C=C\c1ncc2c(c1C)N(c1ccc(C(C)(C)C#N)cc1)C(=C1CCC1)NC2. The summed E-state index contributed by atoms with van der Waals surface area (Å²) in [6, 6.07) is 10.8. The van der Waals surface area contributed by atoms with Gasteiger partial charge in [-0.1, -0.05) is 50.1 Å². The molecule has 1 aromatic heterocycles. The van der Waals surface area contributed by atoms with E-state index in [0.29, 0.717) is 5.92 Å². The molecule has 1 atom stereocenters. The molecule has 0 saturated heterocycles. The molecule has 1 aromatic carbocycles. The van der Waals surface area contributed by atoms with Gasteiger partial charge in [0, 0.05) is 29.0 Å². The van der Waals surface area contributed by atoms with Gasteiger partial charge in [0.2, 0.25) is 0 Å². The number of nitriles is 1. The Balaban J connectivity index is 1.79. The Kier molecular flexibility index (Phi) is 7.38. The standard InChI is InChI=1S/C30H35ClN4/c1-6-20(2)16-25(31)12-15-27-21(3)28-23(17-33-27)18-34-29(22-8-7-9-22)35(28)26-13-10-24(11-14-26)30(4,5)19-32/h10-17,20,34H,6-9,18H2,1-5H3/b15-12-,25-16-. The average Bonchev–Trinajstić information content (AvgIpc) is 2.82. The Morgan fingerprint density at radius 1 is 1.29 bits per heavy atom. The smallest absolute Gasteiger partial charge is 0.110 e. The molecule has 1 N–H and O–H groups in total. The Hall–Kier alpha value is -3.03. The van der Waals surface area contributed by atoms with E-state index < -0.39 is 5.41 Å². The van der Waals surface area contributed by atoms with Crippen LogP contribution in [0.4, 0.5) is 11.4 Å². The number of fused-ring (bicyclic) bond motifs is 1. The number of hydrogen-bond acceptors (Lipinski definition) is 4. The molecule has 5 heteroatoms. The highest BCUT2D eigenvalue weighted by atomic mass is 35.5. The molecule has 1 fully saturated rings. The summed E-state index contributed by atoms with van der Waals surface area (Å²) >= 11 is 6.48. The largest absolute Gasteiger partial charge is 0.367 e. The van der Waals surface area contributed by atoms with E-state index in [1.54, 1.807) is 0 Å². The summed E-state index contributed by atoms with van der Waals surface area (Å²) in [7, 11) is 0. The molecule has 1 aliphatic carbocycles. The maximum Gasteiger partial charge on any atom is 0.110 e. The number of halogens is 1. The van der Waals surface area contributed by atoms with Gasteiger partial charge in [0.05, 0.1) is 22.9 Å². The average molecular weight is 487 g/mol. The molecule has 1 unspecified atom stereocenters. The van der Waals surface area contributed by atoms with Gasteiger partial charge in [-0.05, 0) is 86.9 Å². The minimum absolute atomic E-state index is 0.442. The molecular formula is C30H35ClN4. The van der Waals surface area contributed by atoms with E-state index >= 15 is 0 Å². The number of rotatable bonds is 6. The van der Waals surface area contributed by atoms with Gasteiger partial charge in [0.1, 0.15) is 5.82 Å². The topological polar surface area (TPSA) is 52.0 Å². The van der Waals surface area contributed by atoms with Crippen LogP contribution in [0.25, 0.3) is 6.08 Å². The number of nitrogens with zero attached hydrogens (tertiary/aromatic N) is 3. The summed E-state index contributed by atoms with van der Waals surface area (Å²) in [5.41, 5.74) is 7.46. The number of aromatic nitrogens is 1. The van der Waals surface area contributed by atoms with Gasteiger partial charge in [-0.3, -0.25) is 9.88 Å². The molecule has 0 bridgehead atoms. The third-order valence-corrected chi connectivity index (χ3v) is 7.46. The van der Waals surface area contributed by atoms with Crippen molar-refractivity contribution in [3.63, 3.8) is 0 Å². The highest BCUT2D eigenvalue weighted by Gasteiger charge is 2.30. The van der Waals surface area contributed by atoms with Gasteiger partial charge in [-0.2, -0.15) is 5.26 Å². The fraction of sp³-hybridized carbons (Fsp3) is 0.400. The van der Waals surface area contributed by atoms with Gasteiger partial charge >= 0.3 is 0 Å². The maximum atomic E-state index is 9.56. The van der Waals surface area contributed by atoms with Crippen molar-refractivity contribution >= 4 is 29.1 Å². The summed E-state index contributed by atoms with van der Waals surface area (Å²) in [5.74, 6) is 1.63. The fourth-order valence-electron chi connectivity index (χ4n) is 4.47. The molecule has 1 aliphatic heterocycles. The molecule has 4 nitrogen and oxygen atoms in total. The van der Waals surface area contributed by atoms with E-state index in [0.717, 1.165) is 53.3 Å². The number of anilines is 2. The highest BCUT2D eigenvalue weighted by Crippen LogP contribution is 2.42. The third kappa shape index (κ3) is 5.16. The zero-order valence-corrected chi connectivity index (χ0v) is 22.2. The van der Waals surface area contributed by atoms with E-state index in [-0.39, 0.29) is 0 Å². The number of allylic oxidation sites excluding steroid dienone is 4. The Labute approximate surface area is 215 Å².